The molecule has 2 heterocycles. The van der Waals surface area contributed by atoms with Crippen LogP contribution >= 0.6 is 11.8 Å². The number of hydrogen-bond donors (Lipinski definition) is 1. The summed E-state index contributed by atoms with van der Waals surface area (Å²) >= 11 is 1.25. The first-order chi connectivity index (χ1) is 16.1. The van der Waals surface area contributed by atoms with Crippen LogP contribution in [-0.4, -0.2) is 39.0 Å². The fourth-order valence-electron chi connectivity index (χ4n) is 3.23. The van der Waals surface area contributed by atoms with Crippen molar-refractivity contribution in [2.45, 2.75) is 18.6 Å². The van der Waals surface area contributed by atoms with Crippen LogP contribution in [0.1, 0.15) is 17.3 Å². The Kier molecular flexibility index (Phi) is 6.89. The third kappa shape index (κ3) is 5.15. The molecule has 4 rings (SSSR count). The van der Waals surface area contributed by atoms with Crippen LogP contribution < -0.4 is 5.32 Å². The zero-order valence-corrected chi connectivity index (χ0v) is 18.8. The molecule has 0 saturated heterocycles. The van der Waals surface area contributed by atoms with E-state index in [1.807, 2.05) is 34.9 Å². The van der Waals surface area contributed by atoms with Crippen LogP contribution in [0.2, 0.25) is 0 Å². The zero-order chi connectivity index (χ0) is 23.2. The number of carbonyl (C=O) groups excluding carboxylic acids is 2. The molecule has 0 unspecified atom stereocenters. The number of aromatic nitrogens is 3. The second-order valence-electron chi connectivity index (χ2n) is 6.99. The van der Waals surface area contributed by atoms with Crippen molar-refractivity contribution < 1.29 is 18.7 Å². The third-order valence-electron chi connectivity index (χ3n) is 4.66. The second kappa shape index (κ2) is 10.2. The molecule has 0 radical (unpaired) electrons. The van der Waals surface area contributed by atoms with Gasteiger partial charge in [-0.1, -0.05) is 42.1 Å². The molecule has 0 fully saturated rings. The molecule has 0 aliphatic rings. The van der Waals surface area contributed by atoms with E-state index >= 15 is 0 Å². The molecule has 9 heteroatoms. The SMILES string of the molecule is C=CCn1c(SCC(=O)Nc2cccc(C(=O)OCC)c2)nnc1-c1cc2ccccc2o1. The van der Waals surface area contributed by atoms with E-state index in [2.05, 4.69) is 22.1 Å². The van der Waals surface area contributed by atoms with Crippen molar-refractivity contribution in [2.24, 2.45) is 0 Å². The van der Waals surface area contributed by atoms with Gasteiger partial charge in [-0.05, 0) is 37.3 Å². The topological polar surface area (TPSA) is 99.2 Å². The first-order valence-electron chi connectivity index (χ1n) is 10.3. The monoisotopic (exact) mass is 462 g/mol. The standard InChI is InChI=1S/C24H22N4O4S/c1-3-12-28-22(20-14-16-8-5-6-11-19(16)32-20)26-27-24(28)33-15-21(29)25-18-10-7-9-17(13-18)23(30)31-4-2/h3,5-11,13-14H,1,4,12,15H2,2H3,(H,25,29). The van der Waals surface area contributed by atoms with Gasteiger partial charge < -0.3 is 14.5 Å². The van der Waals surface area contributed by atoms with E-state index in [1.54, 1.807) is 37.3 Å². The Morgan fingerprint density at radius 2 is 2.03 bits per heavy atom. The number of hydrogen-bond acceptors (Lipinski definition) is 7. The third-order valence-corrected chi connectivity index (χ3v) is 5.63. The van der Waals surface area contributed by atoms with Crippen LogP contribution in [0.5, 0.6) is 0 Å². The molecule has 1 amide bonds. The highest BCUT2D eigenvalue weighted by Crippen LogP contribution is 2.29. The Hall–Kier alpha value is -3.85. The van der Waals surface area contributed by atoms with Gasteiger partial charge in [0.15, 0.2) is 10.9 Å². The fraction of sp³-hybridized carbons (Fsp3) is 0.167. The first kappa shape index (κ1) is 22.3. The van der Waals surface area contributed by atoms with Crippen molar-refractivity contribution in [3.63, 3.8) is 0 Å². The summed E-state index contributed by atoms with van der Waals surface area (Å²) in [5, 5.41) is 12.9. The maximum atomic E-state index is 12.5. The molecule has 0 saturated carbocycles. The van der Waals surface area contributed by atoms with Crippen LogP contribution in [0.25, 0.3) is 22.6 Å². The minimum atomic E-state index is -0.432. The molecule has 33 heavy (non-hydrogen) atoms. The number of allylic oxidation sites excluding steroid dienone is 1. The molecular weight excluding hydrogens is 440 g/mol. The number of ether oxygens (including phenoxy) is 1. The number of nitrogens with one attached hydrogen (secondary N) is 1. The lowest BCUT2D eigenvalue weighted by atomic mass is 10.2. The quantitative estimate of drug-likeness (QED) is 0.217. The summed E-state index contributed by atoms with van der Waals surface area (Å²) in [7, 11) is 0. The summed E-state index contributed by atoms with van der Waals surface area (Å²) < 4.78 is 12.8. The van der Waals surface area contributed by atoms with Gasteiger partial charge in [0.2, 0.25) is 11.7 Å². The number of benzene rings is 2. The van der Waals surface area contributed by atoms with Gasteiger partial charge in [0, 0.05) is 17.6 Å². The van der Waals surface area contributed by atoms with Crippen molar-refractivity contribution in [3.8, 4) is 11.6 Å². The molecular formula is C24H22N4O4S. The Labute approximate surface area is 194 Å². The number of anilines is 1. The minimum absolute atomic E-state index is 0.110. The maximum Gasteiger partial charge on any atom is 0.338 e. The Morgan fingerprint density at radius 3 is 2.82 bits per heavy atom. The summed E-state index contributed by atoms with van der Waals surface area (Å²) in [6.07, 6.45) is 1.74. The highest BCUT2D eigenvalue weighted by molar-refractivity contribution is 7.99. The van der Waals surface area contributed by atoms with Crippen molar-refractivity contribution in [1.29, 1.82) is 0 Å². The molecule has 4 aromatic rings. The zero-order valence-electron chi connectivity index (χ0n) is 18.0. The van der Waals surface area contributed by atoms with Crippen LogP contribution in [-0.2, 0) is 16.1 Å². The van der Waals surface area contributed by atoms with Gasteiger partial charge >= 0.3 is 5.97 Å². The van der Waals surface area contributed by atoms with Crippen LogP contribution in [0.4, 0.5) is 5.69 Å². The average Bonchev–Trinajstić information content (AvgIpc) is 3.42. The summed E-state index contributed by atoms with van der Waals surface area (Å²) in [5.41, 5.74) is 1.66. The molecule has 2 aromatic heterocycles. The lowest BCUT2D eigenvalue weighted by Crippen LogP contribution is -2.15. The molecule has 2 aromatic carbocycles. The highest BCUT2D eigenvalue weighted by Gasteiger charge is 2.18. The minimum Gasteiger partial charge on any atom is -0.462 e. The maximum absolute atomic E-state index is 12.5. The van der Waals surface area contributed by atoms with Gasteiger partial charge in [-0.25, -0.2) is 4.79 Å². The Balaban J connectivity index is 1.46. The summed E-state index contributed by atoms with van der Waals surface area (Å²) in [5.74, 6) is 0.603. The number of thioether (sulfide) groups is 1. The summed E-state index contributed by atoms with van der Waals surface area (Å²) in [6.45, 7) is 6.30. The first-order valence-corrected chi connectivity index (χ1v) is 11.3. The Morgan fingerprint density at radius 1 is 1.18 bits per heavy atom. The number of fused-ring (bicyclic) bond motifs is 1. The number of amides is 1. The lowest BCUT2D eigenvalue weighted by molar-refractivity contribution is -0.113. The predicted octanol–water partition coefficient (Wildman–Crippen LogP) is 4.78. The number of rotatable bonds is 9. The number of nitrogens with zero attached hydrogens (tertiary/aromatic N) is 3. The molecule has 0 bridgehead atoms. The number of carbonyl (C=O) groups is 2. The fourth-order valence-corrected chi connectivity index (χ4v) is 3.98. The van der Waals surface area contributed by atoms with E-state index in [9.17, 15) is 9.59 Å². The lowest BCUT2D eigenvalue weighted by Gasteiger charge is -2.08. The van der Waals surface area contributed by atoms with Crippen LogP contribution in [0.3, 0.4) is 0 Å². The van der Waals surface area contributed by atoms with Gasteiger partial charge in [-0.15, -0.1) is 16.8 Å². The molecule has 168 valence electrons. The predicted molar refractivity (Wildman–Crippen MR) is 127 cm³/mol. The molecule has 1 N–H and O–H groups in total. The average molecular weight is 463 g/mol. The van der Waals surface area contributed by atoms with E-state index < -0.39 is 5.97 Å². The molecule has 0 spiro atoms. The largest absolute Gasteiger partial charge is 0.462 e. The highest BCUT2D eigenvalue weighted by atomic mass is 32.2. The smallest absolute Gasteiger partial charge is 0.338 e. The van der Waals surface area contributed by atoms with E-state index in [0.717, 1.165) is 11.0 Å². The van der Waals surface area contributed by atoms with E-state index in [-0.39, 0.29) is 18.3 Å². The van der Waals surface area contributed by atoms with E-state index in [1.165, 1.54) is 11.8 Å². The van der Waals surface area contributed by atoms with Gasteiger partial charge in [0.05, 0.1) is 17.9 Å². The number of esters is 1. The van der Waals surface area contributed by atoms with E-state index in [0.29, 0.717) is 34.5 Å². The molecule has 0 atom stereocenters. The van der Waals surface area contributed by atoms with Crippen molar-refractivity contribution in [3.05, 3.63) is 72.8 Å². The van der Waals surface area contributed by atoms with Crippen molar-refractivity contribution in [2.75, 3.05) is 17.7 Å². The summed E-state index contributed by atoms with van der Waals surface area (Å²) in [4.78, 5) is 24.4. The van der Waals surface area contributed by atoms with Crippen LogP contribution in [0, 0.1) is 0 Å². The Bertz CT molecular complexity index is 1280. The summed E-state index contributed by atoms with van der Waals surface area (Å²) in [6, 6.07) is 16.2. The van der Waals surface area contributed by atoms with Gasteiger partial charge in [0.1, 0.15) is 5.58 Å². The van der Waals surface area contributed by atoms with Crippen molar-refractivity contribution >= 4 is 40.3 Å². The number of para-hydroxylation sites is 1. The number of furan rings is 1. The molecule has 8 nitrogen and oxygen atoms in total. The van der Waals surface area contributed by atoms with E-state index in [4.69, 9.17) is 9.15 Å². The van der Waals surface area contributed by atoms with Crippen molar-refractivity contribution in [1.82, 2.24) is 14.8 Å². The van der Waals surface area contributed by atoms with Gasteiger partial charge in [-0.2, -0.15) is 0 Å². The molecule has 0 aliphatic heterocycles. The second-order valence-corrected chi connectivity index (χ2v) is 7.93. The normalized spacial score (nSPS) is 10.8. The van der Waals surface area contributed by atoms with Gasteiger partial charge in [-0.3, -0.25) is 9.36 Å². The molecule has 0 aliphatic carbocycles. The van der Waals surface area contributed by atoms with Gasteiger partial charge in [0.25, 0.3) is 0 Å². The van der Waals surface area contributed by atoms with Crippen LogP contribution in [0.15, 0.2) is 76.8 Å².